The average molecular weight is 268 g/mol. The predicted molar refractivity (Wildman–Crippen MR) is 73.9 cm³/mol. The van der Waals surface area contributed by atoms with Gasteiger partial charge in [-0.15, -0.1) is 11.3 Å². The highest BCUT2D eigenvalue weighted by Gasteiger charge is 2.22. The van der Waals surface area contributed by atoms with Crippen LogP contribution in [0, 0.1) is 0 Å². The zero-order valence-electron chi connectivity index (χ0n) is 10.7. The Kier molecular flexibility index (Phi) is 4.68. The van der Waals surface area contributed by atoms with Crippen molar-refractivity contribution in [3.05, 3.63) is 10.6 Å². The highest BCUT2D eigenvalue weighted by molar-refractivity contribution is 7.15. The van der Waals surface area contributed by atoms with Crippen molar-refractivity contribution < 1.29 is 4.79 Å². The van der Waals surface area contributed by atoms with Gasteiger partial charge in [-0.1, -0.05) is 6.92 Å². The molecule has 1 heterocycles. The SMILES string of the molecule is CCCN[C@H]1CCc2nc(NC(=O)CN)sc2C1. The first-order chi connectivity index (χ1) is 8.72. The van der Waals surface area contributed by atoms with Crippen molar-refractivity contribution in [2.75, 3.05) is 18.4 Å². The maximum Gasteiger partial charge on any atom is 0.239 e. The quantitative estimate of drug-likeness (QED) is 0.741. The highest BCUT2D eigenvalue weighted by Crippen LogP contribution is 2.29. The van der Waals surface area contributed by atoms with Gasteiger partial charge in [-0.2, -0.15) is 0 Å². The molecular formula is C12H20N4OS. The Bertz CT molecular complexity index is 418. The number of carbonyl (C=O) groups excluding carboxylic acids is 1. The lowest BCUT2D eigenvalue weighted by Crippen LogP contribution is -2.34. The molecule has 0 fully saturated rings. The van der Waals surface area contributed by atoms with E-state index >= 15 is 0 Å². The van der Waals surface area contributed by atoms with Gasteiger partial charge in [0.2, 0.25) is 5.91 Å². The molecule has 0 bridgehead atoms. The van der Waals surface area contributed by atoms with Crippen molar-refractivity contribution in [3.63, 3.8) is 0 Å². The lowest BCUT2D eigenvalue weighted by Gasteiger charge is -2.21. The minimum absolute atomic E-state index is 0.00489. The third-order valence-corrected chi connectivity index (χ3v) is 4.09. The second-order valence-corrected chi connectivity index (χ2v) is 5.62. The number of fused-ring (bicyclic) bond motifs is 1. The van der Waals surface area contributed by atoms with Gasteiger partial charge in [0.15, 0.2) is 5.13 Å². The fraction of sp³-hybridized carbons (Fsp3) is 0.667. The first kappa shape index (κ1) is 13.5. The van der Waals surface area contributed by atoms with Crippen LogP contribution in [0.5, 0.6) is 0 Å². The van der Waals surface area contributed by atoms with E-state index in [0.29, 0.717) is 11.2 Å². The first-order valence-corrected chi connectivity index (χ1v) is 7.26. The van der Waals surface area contributed by atoms with Gasteiger partial charge in [-0.25, -0.2) is 4.98 Å². The van der Waals surface area contributed by atoms with Crippen molar-refractivity contribution in [1.82, 2.24) is 10.3 Å². The normalized spacial score (nSPS) is 18.4. The van der Waals surface area contributed by atoms with Gasteiger partial charge in [-0.3, -0.25) is 4.79 Å². The summed E-state index contributed by atoms with van der Waals surface area (Å²) in [7, 11) is 0. The molecule has 0 unspecified atom stereocenters. The van der Waals surface area contributed by atoms with Gasteiger partial charge in [0.25, 0.3) is 0 Å². The Labute approximate surface area is 111 Å². The summed E-state index contributed by atoms with van der Waals surface area (Å²) in [6, 6.07) is 0.552. The molecule has 0 aliphatic heterocycles. The van der Waals surface area contributed by atoms with Crippen LogP contribution in [-0.2, 0) is 17.6 Å². The van der Waals surface area contributed by atoms with Crippen LogP contribution in [0.3, 0.4) is 0 Å². The van der Waals surface area contributed by atoms with Crippen LogP contribution in [-0.4, -0.2) is 30.0 Å². The fourth-order valence-corrected chi connectivity index (χ4v) is 3.23. The molecule has 0 saturated heterocycles. The maximum absolute atomic E-state index is 11.2. The topological polar surface area (TPSA) is 80.0 Å². The molecule has 4 N–H and O–H groups in total. The van der Waals surface area contributed by atoms with Crippen LogP contribution in [0.25, 0.3) is 0 Å². The number of nitrogens with zero attached hydrogens (tertiary/aromatic N) is 1. The van der Waals surface area contributed by atoms with Crippen molar-refractivity contribution in [2.45, 2.75) is 38.6 Å². The Balaban J connectivity index is 1.97. The van der Waals surface area contributed by atoms with Crippen molar-refractivity contribution >= 4 is 22.4 Å². The zero-order valence-corrected chi connectivity index (χ0v) is 11.5. The van der Waals surface area contributed by atoms with Crippen LogP contribution >= 0.6 is 11.3 Å². The molecule has 0 saturated carbocycles. The van der Waals surface area contributed by atoms with Crippen molar-refractivity contribution in [3.8, 4) is 0 Å². The summed E-state index contributed by atoms with van der Waals surface area (Å²) >= 11 is 1.58. The molecule has 1 aliphatic rings. The van der Waals surface area contributed by atoms with Crippen LogP contribution < -0.4 is 16.4 Å². The van der Waals surface area contributed by atoms with E-state index in [2.05, 4.69) is 22.5 Å². The van der Waals surface area contributed by atoms with E-state index in [4.69, 9.17) is 5.73 Å². The van der Waals surface area contributed by atoms with E-state index < -0.39 is 0 Å². The standard InChI is InChI=1S/C12H20N4OS/c1-2-5-14-8-3-4-9-10(6-8)18-12(15-9)16-11(17)7-13/h8,14H,2-7,13H2,1H3,(H,15,16,17)/t8-/m0/s1. The van der Waals surface area contributed by atoms with Crippen LogP contribution in [0.15, 0.2) is 0 Å². The van der Waals surface area contributed by atoms with Crippen molar-refractivity contribution in [1.29, 1.82) is 0 Å². The van der Waals surface area contributed by atoms with Crippen molar-refractivity contribution in [2.24, 2.45) is 5.73 Å². The van der Waals surface area contributed by atoms with E-state index in [-0.39, 0.29) is 12.5 Å². The number of thiazole rings is 1. The van der Waals surface area contributed by atoms with E-state index in [1.807, 2.05) is 0 Å². The summed E-state index contributed by atoms with van der Waals surface area (Å²) in [6.45, 7) is 3.24. The summed E-state index contributed by atoms with van der Waals surface area (Å²) in [5, 5.41) is 6.96. The smallest absolute Gasteiger partial charge is 0.239 e. The number of carbonyl (C=O) groups is 1. The number of aromatic nitrogens is 1. The average Bonchev–Trinajstić information content (AvgIpc) is 2.77. The molecule has 18 heavy (non-hydrogen) atoms. The number of amides is 1. The second-order valence-electron chi connectivity index (χ2n) is 4.54. The lowest BCUT2D eigenvalue weighted by atomic mass is 9.98. The lowest BCUT2D eigenvalue weighted by molar-refractivity contribution is -0.114. The van der Waals surface area contributed by atoms with Gasteiger partial charge >= 0.3 is 0 Å². The Morgan fingerprint density at radius 1 is 1.61 bits per heavy atom. The molecule has 0 radical (unpaired) electrons. The van der Waals surface area contributed by atoms with Gasteiger partial charge < -0.3 is 16.4 Å². The molecule has 0 spiro atoms. The minimum Gasteiger partial charge on any atom is -0.322 e. The van der Waals surface area contributed by atoms with Gasteiger partial charge in [0.1, 0.15) is 0 Å². The molecule has 100 valence electrons. The summed E-state index contributed by atoms with van der Waals surface area (Å²) in [5.74, 6) is -0.179. The maximum atomic E-state index is 11.2. The number of hydrogen-bond acceptors (Lipinski definition) is 5. The summed E-state index contributed by atoms with van der Waals surface area (Å²) < 4.78 is 0. The van der Waals surface area contributed by atoms with Gasteiger partial charge in [0, 0.05) is 10.9 Å². The van der Waals surface area contributed by atoms with Gasteiger partial charge in [0.05, 0.1) is 12.2 Å². The highest BCUT2D eigenvalue weighted by atomic mass is 32.1. The number of nitrogens with one attached hydrogen (secondary N) is 2. The Morgan fingerprint density at radius 2 is 2.44 bits per heavy atom. The first-order valence-electron chi connectivity index (χ1n) is 6.44. The molecule has 1 amide bonds. The summed E-state index contributed by atoms with van der Waals surface area (Å²) in [4.78, 5) is 17.0. The number of hydrogen-bond donors (Lipinski definition) is 3. The number of rotatable bonds is 5. The molecule has 2 rings (SSSR count). The number of nitrogens with two attached hydrogens (primary N) is 1. The monoisotopic (exact) mass is 268 g/mol. The van der Waals surface area contributed by atoms with Crippen LogP contribution in [0.4, 0.5) is 5.13 Å². The second kappa shape index (κ2) is 6.26. The van der Waals surface area contributed by atoms with Crippen LogP contribution in [0.2, 0.25) is 0 Å². The zero-order chi connectivity index (χ0) is 13.0. The predicted octanol–water partition coefficient (Wildman–Crippen LogP) is 0.897. The van der Waals surface area contributed by atoms with Gasteiger partial charge in [-0.05, 0) is 32.2 Å². The van der Waals surface area contributed by atoms with E-state index in [1.54, 1.807) is 11.3 Å². The largest absolute Gasteiger partial charge is 0.322 e. The van der Waals surface area contributed by atoms with Crippen LogP contribution in [0.1, 0.15) is 30.3 Å². The third-order valence-electron chi connectivity index (χ3n) is 3.05. The number of aryl methyl sites for hydroxylation is 1. The van der Waals surface area contributed by atoms with E-state index in [1.165, 1.54) is 4.88 Å². The molecule has 1 aromatic rings. The number of anilines is 1. The third kappa shape index (κ3) is 3.28. The molecular weight excluding hydrogens is 248 g/mol. The molecule has 1 aliphatic carbocycles. The van der Waals surface area contributed by atoms with E-state index in [9.17, 15) is 4.79 Å². The molecule has 1 atom stereocenters. The molecule has 6 heteroatoms. The summed E-state index contributed by atoms with van der Waals surface area (Å²) in [5.41, 5.74) is 6.41. The fourth-order valence-electron chi connectivity index (χ4n) is 2.12. The van der Waals surface area contributed by atoms with E-state index in [0.717, 1.165) is 37.9 Å². The Morgan fingerprint density at radius 3 is 3.17 bits per heavy atom. The summed E-state index contributed by atoms with van der Waals surface area (Å²) in [6.07, 6.45) is 4.29. The molecule has 0 aromatic carbocycles. The molecule has 5 nitrogen and oxygen atoms in total. The minimum atomic E-state index is -0.179. The Hall–Kier alpha value is -0.980. The molecule has 1 aromatic heterocycles.